The van der Waals surface area contributed by atoms with E-state index in [0.29, 0.717) is 28.9 Å². The summed E-state index contributed by atoms with van der Waals surface area (Å²) in [7, 11) is 3.04. The number of anilines is 2. The molecule has 0 saturated heterocycles. The van der Waals surface area contributed by atoms with Crippen molar-refractivity contribution in [2.24, 2.45) is 0 Å². The highest BCUT2D eigenvalue weighted by Crippen LogP contribution is 2.23. The number of carbonyl (C=O) groups is 2. The summed E-state index contributed by atoms with van der Waals surface area (Å²) in [5.41, 5.74) is 1.10. The quantitative estimate of drug-likeness (QED) is 0.677. The van der Waals surface area contributed by atoms with E-state index in [1.807, 2.05) is 6.92 Å². The van der Waals surface area contributed by atoms with Crippen LogP contribution in [0.4, 0.5) is 11.5 Å². The largest absolute Gasteiger partial charge is 0.497 e. The summed E-state index contributed by atoms with van der Waals surface area (Å²) in [5.74, 6) is -0.0810. The molecule has 8 nitrogen and oxygen atoms in total. The van der Waals surface area contributed by atoms with Gasteiger partial charge in [0.1, 0.15) is 11.8 Å². The van der Waals surface area contributed by atoms with Crippen LogP contribution >= 0.6 is 0 Å². The Balaban J connectivity index is 2.12. The molecule has 0 bridgehead atoms. The minimum absolute atomic E-state index is 0.0196. The second-order valence-electron chi connectivity index (χ2n) is 6.82. The summed E-state index contributed by atoms with van der Waals surface area (Å²) in [5, 5.41) is 2.85. The number of methoxy groups -OCH3 is 1. The van der Waals surface area contributed by atoms with Gasteiger partial charge in [-0.3, -0.25) is 23.9 Å². The highest BCUT2D eigenvalue weighted by Gasteiger charge is 2.25. The number of nitrogens with one attached hydrogen (secondary N) is 1. The lowest BCUT2D eigenvalue weighted by Gasteiger charge is -2.23. The van der Waals surface area contributed by atoms with Crippen LogP contribution in [0.3, 0.4) is 0 Å². The lowest BCUT2D eigenvalue weighted by molar-refractivity contribution is -0.119. The minimum atomic E-state index is -0.796. The van der Waals surface area contributed by atoms with Crippen molar-refractivity contribution in [3.63, 3.8) is 0 Å². The van der Waals surface area contributed by atoms with Crippen LogP contribution in [0.5, 0.6) is 5.75 Å². The first-order valence-electron chi connectivity index (χ1n) is 9.57. The van der Waals surface area contributed by atoms with Crippen molar-refractivity contribution in [2.45, 2.75) is 26.3 Å². The maximum Gasteiger partial charge on any atom is 0.295 e. The predicted octanol–water partition coefficient (Wildman–Crippen LogP) is 2.98. The standard InChI is InChI=1S/C22H24N4O4/c1-5-18(21(28)23-15-9-8-10-16(13-15)30-4)26-19-12-7-6-11-17(19)24-20(22(26)29)25(3)14(2)27/h6-13,18H,5H2,1-4H3,(H,23,28)/t18-/m1/s1. The normalized spacial score (nSPS) is 11.7. The number of para-hydroxylation sites is 2. The molecule has 0 aliphatic carbocycles. The molecule has 30 heavy (non-hydrogen) atoms. The Kier molecular flexibility index (Phi) is 6.15. The summed E-state index contributed by atoms with van der Waals surface area (Å²) in [4.78, 5) is 43.9. The number of hydrogen-bond acceptors (Lipinski definition) is 5. The van der Waals surface area contributed by atoms with E-state index in [9.17, 15) is 14.4 Å². The fourth-order valence-electron chi connectivity index (χ4n) is 3.23. The van der Waals surface area contributed by atoms with Crippen molar-refractivity contribution in [2.75, 3.05) is 24.4 Å². The summed E-state index contributed by atoms with van der Waals surface area (Å²) in [6.07, 6.45) is 0.368. The van der Waals surface area contributed by atoms with Gasteiger partial charge in [-0.2, -0.15) is 0 Å². The molecule has 0 unspecified atom stereocenters. The van der Waals surface area contributed by atoms with Gasteiger partial charge >= 0.3 is 0 Å². The van der Waals surface area contributed by atoms with Crippen LogP contribution in [-0.2, 0) is 9.59 Å². The minimum Gasteiger partial charge on any atom is -0.497 e. The summed E-state index contributed by atoms with van der Waals surface area (Å²) in [6.45, 7) is 3.18. The fraction of sp³-hybridized carbons (Fsp3) is 0.273. The van der Waals surface area contributed by atoms with Crippen LogP contribution in [0.15, 0.2) is 53.3 Å². The number of carbonyl (C=O) groups excluding carboxylic acids is 2. The molecule has 2 amide bonds. The summed E-state index contributed by atoms with van der Waals surface area (Å²) >= 11 is 0. The molecule has 1 atom stereocenters. The predicted molar refractivity (Wildman–Crippen MR) is 116 cm³/mol. The van der Waals surface area contributed by atoms with Gasteiger partial charge in [0.25, 0.3) is 5.56 Å². The van der Waals surface area contributed by atoms with E-state index in [1.165, 1.54) is 23.4 Å². The van der Waals surface area contributed by atoms with Crippen LogP contribution in [-0.4, -0.2) is 35.5 Å². The molecule has 0 radical (unpaired) electrons. The maximum absolute atomic E-state index is 13.3. The van der Waals surface area contributed by atoms with Crippen molar-refractivity contribution >= 4 is 34.4 Å². The van der Waals surface area contributed by atoms with E-state index >= 15 is 0 Å². The molecule has 3 rings (SSSR count). The number of benzene rings is 2. The SMILES string of the molecule is CC[C@H](C(=O)Nc1cccc(OC)c1)n1c(=O)c(N(C)C(C)=O)nc2ccccc21. The van der Waals surface area contributed by atoms with E-state index in [0.717, 1.165) is 0 Å². The molecule has 1 heterocycles. The average Bonchev–Trinajstić information content (AvgIpc) is 2.75. The monoisotopic (exact) mass is 408 g/mol. The molecule has 1 aromatic heterocycles. The zero-order chi connectivity index (χ0) is 21.8. The van der Waals surface area contributed by atoms with Crippen LogP contribution in [0.2, 0.25) is 0 Å². The van der Waals surface area contributed by atoms with Crippen LogP contribution in [0, 0.1) is 0 Å². The Labute approximate surface area is 174 Å². The molecule has 3 aromatic rings. The topological polar surface area (TPSA) is 93.5 Å². The van der Waals surface area contributed by atoms with Crippen molar-refractivity contribution in [1.29, 1.82) is 0 Å². The van der Waals surface area contributed by atoms with Gasteiger partial charge in [-0.15, -0.1) is 0 Å². The molecule has 0 saturated carbocycles. The van der Waals surface area contributed by atoms with Crippen LogP contribution < -0.4 is 20.5 Å². The van der Waals surface area contributed by atoms with Crippen molar-refractivity contribution in [3.05, 3.63) is 58.9 Å². The van der Waals surface area contributed by atoms with E-state index in [1.54, 1.807) is 55.6 Å². The molecule has 0 aliphatic heterocycles. The molecule has 0 spiro atoms. The first-order chi connectivity index (χ1) is 14.4. The number of rotatable bonds is 6. The second kappa shape index (κ2) is 8.77. The molecule has 156 valence electrons. The van der Waals surface area contributed by atoms with Gasteiger partial charge in [0.15, 0.2) is 0 Å². The molecule has 1 N–H and O–H groups in total. The third-order valence-corrected chi connectivity index (χ3v) is 4.91. The van der Waals surface area contributed by atoms with Crippen molar-refractivity contribution in [1.82, 2.24) is 9.55 Å². The number of nitrogens with zero attached hydrogens (tertiary/aromatic N) is 3. The third kappa shape index (κ3) is 4.03. The fourth-order valence-corrected chi connectivity index (χ4v) is 3.23. The van der Waals surface area contributed by atoms with Crippen molar-refractivity contribution in [3.8, 4) is 5.75 Å². The second-order valence-corrected chi connectivity index (χ2v) is 6.82. The first kappa shape index (κ1) is 21.0. The lowest BCUT2D eigenvalue weighted by atomic mass is 10.1. The molecule has 8 heteroatoms. The average molecular weight is 408 g/mol. The summed E-state index contributed by atoms with van der Waals surface area (Å²) in [6, 6.07) is 13.2. The number of fused-ring (bicyclic) bond motifs is 1. The van der Waals surface area contributed by atoms with Gasteiger partial charge in [0, 0.05) is 25.7 Å². The highest BCUT2D eigenvalue weighted by molar-refractivity contribution is 5.95. The van der Waals surface area contributed by atoms with E-state index in [-0.39, 0.29) is 17.6 Å². The number of ether oxygens (including phenoxy) is 1. The molecule has 2 aromatic carbocycles. The first-order valence-corrected chi connectivity index (χ1v) is 9.57. The molecule has 0 aliphatic rings. The van der Waals surface area contributed by atoms with Gasteiger partial charge in [-0.25, -0.2) is 4.98 Å². The zero-order valence-corrected chi connectivity index (χ0v) is 17.4. The number of hydrogen-bond donors (Lipinski definition) is 1. The Hall–Kier alpha value is -3.68. The van der Waals surface area contributed by atoms with Crippen LogP contribution in [0.25, 0.3) is 11.0 Å². The number of amides is 2. The Bertz CT molecular complexity index is 1160. The van der Waals surface area contributed by atoms with E-state index < -0.39 is 11.6 Å². The zero-order valence-electron chi connectivity index (χ0n) is 17.4. The molecule has 0 fully saturated rings. The Morgan fingerprint density at radius 3 is 2.60 bits per heavy atom. The van der Waals surface area contributed by atoms with Gasteiger partial charge in [-0.05, 0) is 30.7 Å². The van der Waals surface area contributed by atoms with Crippen molar-refractivity contribution < 1.29 is 14.3 Å². The van der Waals surface area contributed by atoms with Gasteiger partial charge < -0.3 is 10.1 Å². The molecular weight excluding hydrogens is 384 g/mol. The third-order valence-electron chi connectivity index (χ3n) is 4.91. The lowest BCUT2D eigenvalue weighted by Crippen LogP contribution is -2.38. The van der Waals surface area contributed by atoms with E-state index in [4.69, 9.17) is 4.74 Å². The highest BCUT2D eigenvalue weighted by atomic mass is 16.5. The van der Waals surface area contributed by atoms with E-state index in [2.05, 4.69) is 10.3 Å². The van der Waals surface area contributed by atoms with Gasteiger partial charge in [0.05, 0.1) is 18.1 Å². The maximum atomic E-state index is 13.3. The van der Waals surface area contributed by atoms with Gasteiger partial charge in [-0.1, -0.05) is 25.1 Å². The van der Waals surface area contributed by atoms with Gasteiger partial charge in [0.2, 0.25) is 17.6 Å². The van der Waals surface area contributed by atoms with Crippen LogP contribution in [0.1, 0.15) is 26.3 Å². The Morgan fingerprint density at radius 2 is 1.93 bits per heavy atom. The molecular formula is C22H24N4O4. The Morgan fingerprint density at radius 1 is 1.20 bits per heavy atom. The smallest absolute Gasteiger partial charge is 0.295 e. The number of aromatic nitrogens is 2. The summed E-state index contributed by atoms with van der Waals surface area (Å²) < 4.78 is 6.61.